The van der Waals surface area contributed by atoms with Gasteiger partial charge in [-0.25, -0.2) is 9.78 Å². The molecule has 31 heavy (non-hydrogen) atoms. The van der Waals surface area contributed by atoms with Gasteiger partial charge in [0.15, 0.2) is 6.10 Å². The molecule has 1 aromatic carbocycles. The van der Waals surface area contributed by atoms with Gasteiger partial charge in [0, 0.05) is 13.6 Å². The monoisotopic (exact) mass is 424 g/mol. The number of nitrogens with zero attached hydrogens (tertiary/aromatic N) is 4. The predicted molar refractivity (Wildman–Crippen MR) is 115 cm³/mol. The highest BCUT2D eigenvalue weighted by molar-refractivity contribution is 5.95. The Bertz CT molecular complexity index is 1110. The average molecular weight is 425 g/mol. The van der Waals surface area contributed by atoms with Crippen molar-refractivity contribution < 1.29 is 14.3 Å². The highest BCUT2D eigenvalue weighted by Gasteiger charge is 2.40. The van der Waals surface area contributed by atoms with Gasteiger partial charge in [0.2, 0.25) is 0 Å². The molecule has 1 aliphatic carbocycles. The number of hydrogen-bond donors (Lipinski definition) is 0. The van der Waals surface area contributed by atoms with Gasteiger partial charge >= 0.3 is 5.97 Å². The molecule has 3 rings (SSSR count). The molecule has 8 nitrogen and oxygen atoms in total. The summed E-state index contributed by atoms with van der Waals surface area (Å²) >= 11 is 0. The van der Waals surface area contributed by atoms with Gasteiger partial charge in [-0.15, -0.1) is 0 Å². The number of amides is 1. The van der Waals surface area contributed by atoms with E-state index in [9.17, 15) is 19.6 Å². The van der Waals surface area contributed by atoms with Crippen molar-refractivity contribution in [2.75, 3.05) is 7.05 Å². The maximum absolute atomic E-state index is 12.9. The summed E-state index contributed by atoms with van der Waals surface area (Å²) in [5, 5.41) is 9.70. The molecule has 1 saturated carbocycles. The molecule has 0 bridgehead atoms. The standard InChI is InChI=1S/C23H28N4O4/c1-5-27-19-10-9-17(13-18(19)25-15(2)20(27)28)22(30)31-16(3)21(29)26(4)23(14-24)11-7-6-8-12-23/h9-10,13,16H,5-8,11-12H2,1-4H3/t16-/m1/s1. The number of nitriles is 1. The van der Waals surface area contributed by atoms with E-state index in [2.05, 4.69) is 11.1 Å². The Hall–Kier alpha value is -3.21. The summed E-state index contributed by atoms with van der Waals surface area (Å²) in [5.74, 6) is -1.05. The number of aryl methyl sites for hydroxylation is 2. The van der Waals surface area contributed by atoms with Crippen molar-refractivity contribution in [1.29, 1.82) is 5.26 Å². The molecule has 1 fully saturated rings. The second-order valence-electron chi connectivity index (χ2n) is 8.10. The minimum Gasteiger partial charge on any atom is -0.449 e. The zero-order chi connectivity index (χ0) is 22.8. The van der Waals surface area contributed by atoms with E-state index >= 15 is 0 Å². The molecule has 0 N–H and O–H groups in total. The second-order valence-corrected chi connectivity index (χ2v) is 8.10. The summed E-state index contributed by atoms with van der Waals surface area (Å²) < 4.78 is 7.02. The van der Waals surface area contributed by atoms with Crippen molar-refractivity contribution >= 4 is 22.9 Å². The van der Waals surface area contributed by atoms with Crippen LogP contribution in [0, 0.1) is 18.3 Å². The minimum absolute atomic E-state index is 0.165. The van der Waals surface area contributed by atoms with Crippen LogP contribution in [-0.4, -0.2) is 45.0 Å². The average Bonchev–Trinajstić information content (AvgIpc) is 2.78. The van der Waals surface area contributed by atoms with E-state index < -0.39 is 23.5 Å². The lowest BCUT2D eigenvalue weighted by Gasteiger charge is -2.39. The maximum Gasteiger partial charge on any atom is 0.338 e. The largest absolute Gasteiger partial charge is 0.449 e. The number of esters is 1. The molecule has 0 spiro atoms. The third kappa shape index (κ3) is 4.18. The normalized spacial score (nSPS) is 16.4. The fraction of sp³-hybridized carbons (Fsp3) is 0.522. The van der Waals surface area contributed by atoms with Crippen LogP contribution in [0.3, 0.4) is 0 Å². The zero-order valence-electron chi connectivity index (χ0n) is 18.5. The fourth-order valence-corrected chi connectivity index (χ4v) is 4.24. The Morgan fingerprint density at radius 3 is 2.61 bits per heavy atom. The molecule has 1 aromatic heterocycles. The third-order valence-electron chi connectivity index (χ3n) is 6.15. The molecule has 8 heteroatoms. The molecular weight excluding hydrogens is 396 g/mol. The van der Waals surface area contributed by atoms with Gasteiger partial charge in [0.05, 0.1) is 22.7 Å². The van der Waals surface area contributed by atoms with Crippen LogP contribution in [0.15, 0.2) is 23.0 Å². The van der Waals surface area contributed by atoms with Crippen LogP contribution in [0.1, 0.15) is 62.0 Å². The summed E-state index contributed by atoms with van der Waals surface area (Å²) in [7, 11) is 1.61. The molecule has 1 heterocycles. The molecule has 0 saturated heterocycles. The van der Waals surface area contributed by atoms with Gasteiger partial charge in [-0.3, -0.25) is 9.59 Å². The Balaban J connectivity index is 1.80. The molecule has 0 aliphatic heterocycles. The number of carbonyl (C=O) groups is 2. The van der Waals surface area contributed by atoms with Crippen molar-refractivity contribution in [1.82, 2.24) is 14.5 Å². The first-order chi connectivity index (χ1) is 14.7. The number of ether oxygens (including phenoxy) is 1. The number of likely N-dealkylation sites (N-methyl/N-ethyl adjacent to an activating group) is 1. The van der Waals surface area contributed by atoms with Crippen LogP contribution in [0.5, 0.6) is 0 Å². The number of hydrogen-bond acceptors (Lipinski definition) is 6. The Morgan fingerprint density at radius 1 is 1.32 bits per heavy atom. The fourth-order valence-electron chi connectivity index (χ4n) is 4.24. The van der Waals surface area contributed by atoms with Crippen LogP contribution in [0.25, 0.3) is 11.0 Å². The summed E-state index contributed by atoms with van der Waals surface area (Å²) in [6.45, 7) is 5.50. The number of carbonyl (C=O) groups excluding carboxylic acids is 2. The molecule has 1 amide bonds. The lowest BCUT2D eigenvalue weighted by molar-refractivity contribution is -0.143. The molecular formula is C23H28N4O4. The van der Waals surface area contributed by atoms with E-state index in [0.29, 0.717) is 36.1 Å². The van der Waals surface area contributed by atoms with Crippen LogP contribution >= 0.6 is 0 Å². The SMILES string of the molecule is CCn1c(=O)c(C)nc2cc(C(=O)O[C@H](C)C(=O)N(C)C3(C#N)CCCCC3)ccc21. The van der Waals surface area contributed by atoms with E-state index in [-0.39, 0.29) is 11.1 Å². The molecule has 164 valence electrons. The number of rotatable bonds is 5. The summed E-state index contributed by atoms with van der Waals surface area (Å²) in [6.07, 6.45) is 3.07. The quantitative estimate of drug-likeness (QED) is 0.683. The number of benzene rings is 1. The first-order valence-corrected chi connectivity index (χ1v) is 10.6. The van der Waals surface area contributed by atoms with Gasteiger partial charge in [-0.05, 0) is 51.8 Å². The zero-order valence-corrected chi connectivity index (χ0v) is 18.5. The second kappa shape index (κ2) is 8.88. The summed E-state index contributed by atoms with van der Waals surface area (Å²) in [4.78, 5) is 43.6. The Kier molecular flexibility index (Phi) is 6.44. The smallest absolute Gasteiger partial charge is 0.338 e. The van der Waals surface area contributed by atoms with Crippen molar-refractivity contribution in [2.45, 2.75) is 71.1 Å². The number of aromatic nitrogens is 2. The molecule has 0 unspecified atom stereocenters. The van der Waals surface area contributed by atoms with Crippen LogP contribution in [-0.2, 0) is 16.1 Å². The summed E-state index contributed by atoms with van der Waals surface area (Å²) in [6, 6.07) is 7.09. The molecule has 0 radical (unpaired) electrons. The van der Waals surface area contributed by atoms with E-state index in [1.807, 2.05) is 6.92 Å². The number of fused-ring (bicyclic) bond motifs is 1. The van der Waals surface area contributed by atoms with Gasteiger partial charge in [0.1, 0.15) is 11.2 Å². The Labute approximate surface area is 181 Å². The van der Waals surface area contributed by atoms with Gasteiger partial charge in [-0.2, -0.15) is 5.26 Å². The van der Waals surface area contributed by atoms with Gasteiger partial charge < -0.3 is 14.2 Å². The van der Waals surface area contributed by atoms with E-state index in [0.717, 1.165) is 19.3 Å². The lowest BCUT2D eigenvalue weighted by atomic mass is 9.81. The van der Waals surface area contributed by atoms with Crippen LogP contribution in [0.4, 0.5) is 0 Å². The van der Waals surface area contributed by atoms with Crippen molar-refractivity contribution in [3.05, 3.63) is 39.8 Å². The maximum atomic E-state index is 12.9. The summed E-state index contributed by atoms with van der Waals surface area (Å²) in [5.41, 5.74) is 0.725. The lowest BCUT2D eigenvalue weighted by Crippen LogP contribution is -2.53. The predicted octanol–water partition coefficient (Wildman–Crippen LogP) is 2.96. The van der Waals surface area contributed by atoms with Crippen LogP contribution < -0.4 is 5.56 Å². The first-order valence-electron chi connectivity index (χ1n) is 10.6. The van der Waals surface area contributed by atoms with Crippen molar-refractivity contribution in [3.63, 3.8) is 0 Å². The highest BCUT2D eigenvalue weighted by Crippen LogP contribution is 2.33. The first kappa shape index (κ1) is 22.5. The van der Waals surface area contributed by atoms with Gasteiger partial charge in [-0.1, -0.05) is 19.3 Å². The van der Waals surface area contributed by atoms with E-state index in [4.69, 9.17) is 4.74 Å². The molecule has 1 atom stereocenters. The van der Waals surface area contributed by atoms with E-state index in [1.54, 1.807) is 36.7 Å². The van der Waals surface area contributed by atoms with Gasteiger partial charge in [0.25, 0.3) is 11.5 Å². The van der Waals surface area contributed by atoms with Crippen molar-refractivity contribution in [3.8, 4) is 6.07 Å². The van der Waals surface area contributed by atoms with Crippen molar-refractivity contribution in [2.24, 2.45) is 0 Å². The van der Waals surface area contributed by atoms with E-state index in [1.165, 1.54) is 11.8 Å². The Morgan fingerprint density at radius 2 is 2.00 bits per heavy atom. The topological polar surface area (TPSA) is 105 Å². The third-order valence-corrected chi connectivity index (χ3v) is 6.15. The molecule has 2 aromatic rings. The highest BCUT2D eigenvalue weighted by atomic mass is 16.5. The minimum atomic E-state index is -1.03. The van der Waals surface area contributed by atoms with Crippen LogP contribution in [0.2, 0.25) is 0 Å². The molecule has 1 aliphatic rings.